The van der Waals surface area contributed by atoms with E-state index in [4.69, 9.17) is 0 Å². The third kappa shape index (κ3) is 3.76. The van der Waals surface area contributed by atoms with Gasteiger partial charge >= 0.3 is 6.18 Å². The minimum Gasteiger partial charge on any atom is -0.380 e. The van der Waals surface area contributed by atoms with E-state index in [2.05, 4.69) is 21.2 Å². The van der Waals surface area contributed by atoms with E-state index < -0.39 is 11.7 Å². The summed E-state index contributed by atoms with van der Waals surface area (Å²) in [5.41, 5.74) is 1.93. The maximum atomic E-state index is 12.7. The number of benzene rings is 2. The van der Waals surface area contributed by atoms with Crippen LogP contribution in [0, 0.1) is 6.92 Å². The second-order valence-electron chi connectivity index (χ2n) is 4.53. The number of halogens is 4. The van der Waals surface area contributed by atoms with Gasteiger partial charge in [0, 0.05) is 16.7 Å². The van der Waals surface area contributed by atoms with E-state index in [0.29, 0.717) is 16.7 Å². The number of alkyl halides is 3. The molecule has 0 amide bonds. The van der Waals surface area contributed by atoms with Crippen LogP contribution in [0.2, 0.25) is 0 Å². The summed E-state index contributed by atoms with van der Waals surface area (Å²) in [6.45, 7) is 2.46. The van der Waals surface area contributed by atoms with Gasteiger partial charge in [0.15, 0.2) is 0 Å². The topological polar surface area (TPSA) is 12.0 Å². The number of hydrogen-bond donors (Lipinski definition) is 1. The number of aryl methyl sites for hydroxylation is 1. The van der Waals surface area contributed by atoms with Crippen molar-refractivity contribution in [1.29, 1.82) is 0 Å². The summed E-state index contributed by atoms with van der Waals surface area (Å²) >= 11 is 3.25. The lowest BCUT2D eigenvalue weighted by atomic mass is 10.1. The van der Waals surface area contributed by atoms with E-state index >= 15 is 0 Å². The van der Waals surface area contributed by atoms with Gasteiger partial charge in [0.05, 0.1) is 5.56 Å². The Labute approximate surface area is 123 Å². The molecular weight excluding hydrogens is 331 g/mol. The Morgan fingerprint density at radius 1 is 1.05 bits per heavy atom. The monoisotopic (exact) mass is 343 g/mol. The molecule has 1 N–H and O–H groups in total. The minimum atomic E-state index is -4.33. The molecular formula is C15H13BrF3N. The first-order chi connectivity index (χ1) is 9.36. The number of hydrogen-bond acceptors (Lipinski definition) is 1. The van der Waals surface area contributed by atoms with Gasteiger partial charge < -0.3 is 5.32 Å². The summed E-state index contributed by atoms with van der Waals surface area (Å²) in [5.74, 6) is 0. The van der Waals surface area contributed by atoms with E-state index in [0.717, 1.165) is 23.3 Å². The molecule has 0 aliphatic carbocycles. The molecule has 20 heavy (non-hydrogen) atoms. The highest BCUT2D eigenvalue weighted by atomic mass is 79.9. The van der Waals surface area contributed by atoms with Crippen LogP contribution in [0.15, 0.2) is 46.9 Å². The Morgan fingerprint density at radius 2 is 1.70 bits per heavy atom. The third-order valence-corrected chi connectivity index (χ3v) is 3.59. The van der Waals surface area contributed by atoms with Crippen LogP contribution in [0.1, 0.15) is 16.7 Å². The smallest absolute Gasteiger partial charge is 0.380 e. The van der Waals surface area contributed by atoms with Crippen LogP contribution in [0.3, 0.4) is 0 Å². The molecule has 106 valence electrons. The second-order valence-corrected chi connectivity index (χ2v) is 5.39. The Bertz CT molecular complexity index is 591. The molecule has 2 rings (SSSR count). The summed E-state index contributed by atoms with van der Waals surface area (Å²) in [5, 5.41) is 3.01. The quantitative estimate of drug-likeness (QED) is 0.787. The zero-order valence-electron chi connectivity index (χ0n) is 10.8. The highest BCUT2D eigenvalue weighted by Gasteiger charge is 2.30. The van der Waals surface area contributed by atoms with Crippen LogP contribution in [-0.4, -0.2) is 0 Å². The van der Waals surface area contributed by atoms with Gasteiger partial charge in [-0.1, -0.05) is 29.8 Å². The van der Waals surface area contributed by atoms with E-state index in [9.17, 15) is 13.2 Å². The fraction of sp³-hybridized carbons (Fsp3) is 0.200. The Hall–Kier alpha value is -1.49. The van der Waals surface area contributed by atoms with Gasteiger partial charge in [-0.15, -0.1) is 0 Å². The predicted octanol–water partition coefficient (Wildman–Crippen LogP) is 5.39. The molecule has 0 saturated heterocycles. The van der Waals surface area contributed by atoms with Gasteiger partial charge in [-0.05, 0) is 46.6 Å². The normalized spacial score (nSPS) is 11.4. The summed E-state index contributed by atoms with van der Waals surface area (Å²) in [6.07, 6.45) is -4.33. The Balaban J connectivity index is 2.14. The van der Waals surface area contributed by atoms with Gasteiger partial charge in [0.2, 0.25) is 0 Å². The zero-order chi connectivity index (χ0) is 14.8. The lowest BCUT2D eigenvalue weighted by Gasteiger charge is -2.12. The van der Waals surface area contributed by atoms with Crippen LogP contribution < -0.4 is 5.32 Å². The lowest BCUT2D eigenvalue weighted by Crippen LogP contribution is -2.07. The first kappa shape index (κ1) is 14.9. The molecule has 0 fully saturated rings. The molecule has 2 aromatic rings. The second kappa shape index (κ2) is 5.87. The summed E-state index contributed by atoms with van der Waals surface area (Å²) < 4.78 is 38.6. The van der Waals surface area contributed by atoms with Crippen molar-refractivity contribution in [2.45, 2.75) is 19.6 Å². The highest BCUT2D eigenvalue weighted by Crippen LogP contribution is 2.34. The molecule has 0 aliphatic heterocycles. The molecule has 2 aromatic carbocycles. The summed E-state index contributed by atoms with van der Waals surface area (Å²) in [4.78, 5) is 0. The van der Waals surface area contributed by atoms with Gasteiger partial charge in [-0.2, -0.15) is 13.2 Å². The van der Waals surface area contributed by atoms with Crippen molar-refractivity contribution >= 4 is 21.6 Å². The van der Waals surface area contributed by atoms with Crippen molar-refractivity contribution in [3.8, 4) is 0 Å². The zero-order valence-corrected chi connectivity index (χ0v) is 12.3. The molecule has 0 aromatic heterocycles. The standard InChI is InChI=1S/C15H13BrF3N/c1-10-2-4-11(5-3-10)9-20-14-8-12(15(17,18)19)6-7-13(14)16/h2-8,20H,9H2,1H3. The van der Waals surface area contributed by atoms with E-state index in [1.165, 1.54) is 6.07 Å². The fourth-order valence-electron chi connectivity index (χ4n) is 1.74. The van der Waals surface area contributed by atoms with Crippen LogP contribution in [0.4, 0.5) is 18.9 Å². The van der Waals surface area contributed by atoms with Crippen molar-refractivity contribution in [1.82, 2.24) is 0 Å². The van der Waals surface area contributed by atoms with Gasteiger partial charge in [0.25, 0.3) is 0 Å². The van der Waals surface area contributed by atoms with Crippen LogP contribution in [0.5, 0.6) is 0 Å². The van der Waals surface area contributed by atoms with Crippen molar-refractivity contribution in [3.63, 3.8) is 0 Å². The van der Waals surface area contributed by atoms with Crippen molar-refractivity contribution in [2.24, 2.45) is 0 Å². The number of anilines is 1. The highest BCUT2D eigenvalue weighted by molar-refractivity contribution is 9.10. The maximum Gasteiger partial charge on any atom is 0.416 e. The molecule has 0 bridgehead atoms. The molecule has 0 saturated carbocycles. The minimum absolute atomic E-state index is 0.431. The van der Waals surface area contributed by atoms with Gasteiger partial charge in [0.1, 0.15) is 0 Å². The summed E-state index contributed by atoms with van der Waals surface area (Å²) in [7, 11) is 0. The molecule has 0 spiro atoms. The van der Waals surface area contributed by atoms with Crippen molar-refractivity contribution < 1.29 is 13.2 Å². The van der Waals surface area contributed by atoms with Crippen LogP contribution >= 0.6 is 15.9 Å². The lowest BCUT2D eigenvalue weighted by molar-refractivity contribution is -0.137. The number of nitrogens with one attached hydrogen (secondary N) is 1. The largest absolute Gasteiger partial charge is 0.416 e. The fourth-order valence-corrected chi connectivity index (χ4v) is 2.13. The third-order valence-electron chi connectivity index (χ3n) is 2.90. The molecule has 5 heteroatoms. The Morgan fingerprint density at radius 3 is 2.30 bits per heavy atom. The van der Waals surface area contributed by atoms with E-state index in [-0.39, 0.29) is 0 Å². The average molecular weight is 344 g/mol. The molecule has 0 aliphatic rings. The first-order valence-electron chi connectivity index (χ1n) is 6.02. The molecule has 1 nitrogen and oxygen atoms in total. The SMILES string of the molecule is Cc1ccc(CNc2cc(C(F)(F)F)ccc2Br)cc1. The Kier molecular flexibility index (Phi) is 4.38. The molecule has 0 radical (unpaired) electrons. The van der Waals surface area contributed by atoms with Crippen molar-refractivity contribution in [2.75, 3.05) is 5.32 Å². The van der Waals surface area contributed by atoms with Gasteiger partial charge in [-0.25, -0.2) is 0 Å². The van der Waals surface area contributed by atoms with Crippen LogP contribution in [0.25, 0.3) is 0 Å². The van der Waals surface area contributed by atoms with E-state index in [1.807, 2.05) is 31.2 Å². The maximum absolute atomic E-state index is 12.7. The van der Waals surface area contributed by atoms with Gasteiger partial charge in [-0.3, -0.25) is 0 Å². The average Bonchev–Trinajstić information content (AvgIpc) is 2.38. The van der Waals surface area contributed by atoms with E-state index in [1.54, 1.807) is 0 Å². The summed E-state index contributed by atoms with van der Waals surface area (Å²) in [6, 6.07) is 11.4. The first-order valence-corrected chi connectivity index (χ1v) is 6.82. The van der Waals surface area contributed by atoms with Crippen molar-refractivity contribution in [3.05, 3.63) is 63.6 Å². The number of rotatable bonds is 3. The predicted molar refractivity (Wildman–Crippen MR) is 77.6 cm³/mol. The molecule has 0 heterocycles. The van der Waals surface area contributed by atoms with Crippen LogP contribution in [-0.2, 0) is 12.7 Å². The molecule has 0 atom stereocenters. The molecule has 0 unspecified atom stereocenters.